The van der Waals surface area contributed by atoms with Crippen molar-refractivity contribution in [3.05, 3.63) is 29.1 Å². The summed E-state index contributed by atoms with van der Waals surface area (Å²) < 4.78 is 68.1. The van der Waals surface area contributed by atoms with E-state index in [9.17, 15) is 22.0 Å². The predicted octanol–water partition coefficient (Wildman–Crippen LogP) is 4.59. The van der Waals surface area contributed by atoms with Gasteiger partial charge in [-0.3, -0.25) is 0 Å². The smallest absolute Gasteiger partial charge is 0.206 e. The van der Waals surface area contributed by atoms with E-state index in [1.165, 1.54) is 20.3 Å². The van der Waals surface area contributed by atoms with Crippen molar-refractivity contribution in [2.24, 2.45) is 0 Å². The summed E-state index contributed by atoms with van der Waals surface area (Å²) in [7, 11) is 0. The molecule has 18 heavy (non-hydrogen) atoms. The van der Waals surface area contributed by atoms with Gasteiger partial charge in [0.25, 0.3) is 0 Å². The highest BCUT2D eigenvalue weighted by Gasteiger charge is 2.27. The van der Waals surface area contributed by atoms with E-state index in [4.69, 9.17) is 0 Å². The lowest BCUT2D eigenvalue weighted by atomic mass is 10.2. The molecule has 0 bridgehead atoms. The molecular formula is C12H15F5O. The Morgan fingerprint density at radius 2 is 1.06 bits per heavy atom. The van der Waals surface area contributed by atoms with Crippen molar-refractivity contribution in [1.29, 1.82) is 0 Å². The summed E-state index contributed by atoms with van der Waals surface area (Å²) in [4.78, 5) is 0. The van der Waals surface area contributed by atoms with E-state index in [1.807, 2.05) is 0 Å². The van der Waals surface area contributed by atoms with Gasteiger partial charge < -0.3 is 4.74 Å². The van der Waals surface area contributed by atoms with Crippen molar-refractivity contribution in [3.8, 4) is 5.75 Å². The molecule has 0 atom stereocenters. The molecule has 0 fully saturated rings. The van der Waals surface area contributed by atoms with E-state index in [1.54, 1.807) is 0 Å². The first-order valence-corrected chi connectivity index (χ1v) is 5.45. The standard InChI is InChI=1S/C9H7F5O.C3H8/c1-3(2)15-9-7(13)5(11)4(10)6(12)8(9)14;1-3-2/h3H,1-2H3;3H2,1-2H3. The number of rotatable bonds is 2. The fraction of sp³-hybridized carbons (Fsp3) is 0.500. The molecule has 0 saturated heterocycles. The first kappa shape index (κ1) is 16.7. The van der Waals surface area contributed by atoms with Gasteiger partial charge in [0.15, 0.2) is 5.75 Å². The van der Waals surface area contributed by atoms with Crippen molar-refractivity contribution in [3.63, 3.8) is 0 Å². The van der Waals surface area contributed by atoms with Crippen molar-refractivity contribution in [2.75, 3.05) is 0 Å². The van der Waals surface area contributed by atoms with Gasteiger partial charge in [0.05, 0.1) is 6.10 Å². The summed E-state index contributed by atoms with van der Waals surface area (Å²) in [6, 6.07) is 0. The fourth-order valence-corrected chi connectivity index (χ4v) is 0.924. The topological polar surface area (TPSA) is 9.23 Å². The van der Waals surface area contributed by atoms with Crippen LogP contribution in [0.25, 0.3) is 0 Å². The Morgan fingerprint density at radius 1 is 0.778 bits per heavy atom. The molecule has 0 unspecified atom stereocenters. The van der Waals surface area contributed by atoms with Gasteiger partial charge in [-0.05, 0) is 13.8 Å². The highest BCUT2D eigenvalue weighted by Crippen LogP contribution is 2.29. The van der Waals surface area contributed by atoms with Crippen molar-refractivity contribution in [2.45, 2.75) is 40.2 Å². The maximum absolute atomic E-state index is 12.9. The summed E-state index contributed by atoms with van der Waals surface area (Å²) in [5.74, 6) is -11.4. The summed E-state index contributed by atoms with van der Waals surface area (Å²) in [5, 5.41) is 0. The van der Waals surface area contributed by atoms with Crippen LogP contribution in [0.4, 0.5) is 22.0 Å². The van der Waals surface area contributed by atoms with Gasteiger partial charge in [0.2, 0.25) is 29.1 Å². The molecule has 104 valence electrons. The molecule has 0 amide bonds. The Morgan fingerprint density at radius 3 is 1.33 bits per heavy atom. The maximum Gasteiger partial charge on any atom is 0.206 e. The zero-order valence-corrected chi connectivity index (χ0v) is 10.6. The minimum atomic E-state index is -2.19. The van der Waals surface area contributed by atoms with E-state index in [0.717, 1.165) is 0 Å². The fourth-order valence-electron chi connectivity index (χ4n) is 0.924. The van der Waals surface area contributed by atoms with Crippen LogP contribution in [0.15, 0.2) is 0 Å². The van der Waals surface area contributed by atoms with E-state index in [0.29, 0.717) is 0 Å². The summed E-state index contributed by atoms with van der Waals surface area (Å²) in [5.41, 5.74) is 0. The number of hydrogen-bond donors (Lipinski definition) is 0. The summed E-state index contributed by atoms with van der Waals surface area (Å²) >= 11 is 0. The first-order chi connectivity index (χ1) is 8.27. The van der Waals surface area contributed by atoms with Crippen molar-refractivity contribution >= 4 is 0 Å². The lowest BCUT2D eigenvalue weighted by molar-refractivity contribution is 0.208. The van der Waals surface area contributed by atoms with Gasteiger partial charge in [-0.1, -0.05) is 20.3 Å². The van der Waals surface area contributed by atoms with Crippen LogP contribution in [0, 0.1) is 29.1 Å². The molecule has 0 aliphatic heterocycles. The van der Waals surface area contributed by atoms with Gasteiger partial charge in [-0.2, -0.15) is 8.78 Å². The van der Waals surface area contributed by atoms with Gasteiger partial charge in [0.1, 0.15) is 0 Å². The monoisotopic (exact) mass is 270 g/mol. The second-order valence-electron chi connectivity index (χ2n) is 3.77. The highest BCUT2D eigenvalue weighted by atomic mass is 19.2. The molecule has 1 aromatic rings. The lowest BCUT2D eigenvalue weighted by Crippen LogP contribution is -2.12. The number of benzene rings is 1. The van der Waals surface area contributed by atoms with Crippen LogP contribution in [0.2, 0.25) is 0 Å². The third-order valence-electron chi connectivity index (χ3n) is 1.52. The third-order valence-corrected chi connectivity index (χ3v) is 1.52. The number of halogens is 5. The van der Waals surface area contributed by atoms with E-state index in [-0.39, 0.29) is 0 Å². The van der Waals surface area contributed by atoms with Crippen LogP contribution in [-0.2, 0) is 0 Å². The van der Waals surface area contributed by atoms with E-state index in [2.05, 4.69) is 18.6 Å². The zero-order chi connectivity index (χ0) is 14.5. The van der Waals surface area contributed by atoms with Crippen molar-refractivity contribution < 1.29 is 26.7 Å². The second-order valence-corrected chi connectivity index (χ2v) is 3.77. The molecule has 0 radical (unpaired) electrons. The van der Waals surface area contributed by atoms with Crippen LogP contribution in [0.5, 0.6) is 5.75 Å². The molecule has 0 aliphatic carbocycles. The minimum Gasteiger partial charge on any atom is -0.485 e. The van der Waals surface area contributed by atoms with Gasteiger partial charge in [0, 0.05) is 0 Å². The van der Waals surface area contributed by atoms with Crippen molar-refractivity contribution in [1.82, 2.24) is 0 Å². The molecule has 6 heteroatoms. The SMILES string of the molecule is CC(C)Oc1c(F)c(F)c(F)c(F)c1F.CCC. The first-order valence-electron chi connectivity index (χ1n) is 5.45. The molecule has 0 N–H and O–H groups in total. The zero-order valence-electron chi connectivity index (χ0n) is 10.6. The molecule has 1 aromatic carbocycles. The largest absolute Gasteiger partial charge is 0.485 e. The van der Waals surface area contributed by atoms with Gasteiger partial charge in [-0.15, -0.1) is 0 Å². The third kappa shape index (κ3) is 3.85. The second kappa shape index (κ2) is 7.18. The van der Waals surface area contributed by atoms with Gasteiger partial charge >= 0.3 is 0 Å². The van der Waals surface area contributed by atoms with E-state index < -0.39 is 40.9 Å². The highest BCUT2D eigenvalue weighted by molar-refractivity contribution is 5.29. The molecule has 0 heterocycles. The van der Waals surface area contributed by atoms with Crippen LogP contribution in [0.3, 0.4) is 0 Å². The maximum atomic E-state index is 12.9. The Labute approximate surface area is 103 Å². The summed E-state index contributed by atoms with van der Waals surface area (Å²) in [6.45, 7) is 7.05. The number of hydrogen-bond acceptors (Lipinski definition) is 1. The molecule has 0 aliphatic rings. The molecule has 0 aromatic heterocycles. The average Bonchev–Trinajstić information content (AvgIpc) is 2.30. The molecule has 0 spiro atoms. The Balaban J connectivity index is 0.000000873. The van der Waals surface area contributed by atoms with Crippen LogP contribution >= 0.6 is 0 Å². The van der Waals surface area contributed by atoms with Crippen LogP contribution in [0.1, 0.15) is 34.1 Å². The molecule has 1 nitrogen and oxygen atoms in total. The minimum absolute atomic E-state index is 0.696. The normalized spacial score (nSPS) is 10.1. The predicted molar refractivity (Wildman–Crippen MR) is 58.0 cm³/mol. The quantitative estimate of drug-likeness (QED) is 0.434. The molecule has 0 saturated carbocycles. The Kier molecular flexibility index (Phi) is 6.65. The Bertz CT molecular complexity index is 375. The summed E-state index contributed by atoms with van der Waals surface area (Å²) in [6.07, 6.45) is 0.554. The molecular weight excluding hydrogens is 255 g/mol. The van der Waals surface area contributed by atoms with E-state index >= 15 is 0 Å². The molecule has 1 rings (SSSR count). The van der Waals surface area contributed by atoms with Gasteiger partial charge in [-0.25, -0.2) is 13.2 Å². The average molecular weight is 270 g/mol. The van der Waals surface area contributed by atoms with Crippen LogP contribution < -0.4 is 4.74 Å². The van der Waals surface area contributed by atoms with Crippen LogP contribution in [-0.4, -0.2) is 6.10 Å². The number of ether oxygens (including phenoxy) is 1. The lowest BCUT2D eigenvalue weighted by Gasteiger charge is -2.12. The Hall–Kier alpha value is -1.33.